The van der Waals surface area contributed by atoms with Gasteiger partial charge in [0, 0.05) is 48.3 Å². The molecule has 6 heteroatoms. The predicted octanol–water partition coefficient (Wildman–Crippen LogP) is 13.9. The number of hydrogen-bond donors (Lipinski definition) is 0. The van der Waals surface area contributed by atoms with Crippen molar-refractivity contribution < 1.29 is 45.5 Å². The SMILES string of the molecule is [2H]c1c([2H])c([2H])c(-c2nc(-c3c([2H])c([2H])c([2H])c([2H])c3[2H])nc(-c3c([2H])c([2H])c(-c4c([2H])c([2H])c([2H])c([2H])c4[2H])c4sc5c(-n6c7c([2H])c([2H])c([2H])c([2H])c7c7c8oc9c([2H])c([2H])c([2H])c([2H])c9c8c([2H])c([2H])c76)c([2H])c([2H])c([2H])c5c34)n2)c([2H])c1[2H]. The van der Waals surface area contributed by atoms with Crippen LogP contribution in [0.25, 0.3) is 115 Å². The second-order valence-electron chi connectivity index (χ2n) is 12.1. The second kappa shape index (κ2) is 12.6. The van der Waals surface area contributed by atoms with Crippen LogP contribution in [0.15, 0.2) is 186 Å². The molecule has 4 heterocycles. The van der Waals surface area contributed by atoms with Crippen molar-refractivity contribution in [1.82, 2.24) is 19.5 Å². The van der Waals surface area contributed by atoms with Crippen LogP contribution in [-0.4, -0.2) is 19.5 Å². The van der Waals surface area contributed by atoms with Crippen molar-refractivity contribution in [3.63, 3.8) is 0 Å². The van der Waals surface area contributed by atoms with Gasteiger partial charge in [0.05, 0.1) is 67.9 Å². The van der Waals surface area contributed by atoms with Gasteiger partial charge < -0.3 is 8.98 Å². The summed E-state index contributed by atoms with van der Waals surface area (Å²) in [7, 11) is 0. The van der Waals surface area contributed by atoms with Crippen LogP contribution >= 0.6 is 11.3 Å². The molecule has 57 heavy (non-hydrogen) atoms. The van der Waals surface area contributed by atoms with Crippen LogP contribution in [0.1, 0.15) is 41.1 Å². The number of para-hydroxylation sites is 2. The Morgan fingerprint density at radius 1 is 0.421 bits per heavy atom. The smallest absolute Gasteiger partial charge is 0.164 e. The van der Waals surface area contributed by atoms with Gasteiger partial charge in [0.25, 0.3) is 0 Å². The minimum Gasteiger partial charge on any atom is -0.455 e. The first-order chi connectivity index (χ1) is 40.7. The number of rotatable bonds is 5. The first kappa shape index (κ1) is 14.3. The molecule has 0 atom stereocenters. The molecule has 0 amide bonds. The normalized spacial score (nSPS) is 19.2. The highest BCUT2D eigenvalue weighted by Gasteiger charge is 2.24. The van der Waals surface area contributed by atoms with Gasteiger partial charge in [0.15, 0.2) is 17.5 Å². The first-order valence-electron chi connectivity index (χ1n) is 31.6. The number of nitrogens with zero attached hydrogens (tertiary/aromatic N) is 4. The molecule has 12 rings (SSSR count). The Balaban J connectivity index is 1.36. The molecule has 0 bridgehead atoms. The van der Waals surface area contributed by atoms with Crippen molar-refractivity contribution in [1.29, 1.82) is 0 Å². The van der Waals surface area contributed by atoms with Crippen LogP contribution < -0.4 is 0 Å². The molecule has 0 saturated carbocycles. The predicted molar refractivity (Wildman–Crippen MR) is 236 cm³/mol. The summed E-state index contributed by atoms with van der Waals surface area (Å²) in [6, 6.07) is -26.6. The van der Waals surface area contributed by atoms with Gasteiger partial charge in [0.1, 0.15) is 11.2 Å². The summed E-state index contributed by atoms with van der Waals surface area (Å²) < 4.78 is 276. The highest BCUT2D eigenvalue weighted by Crippen LogP contribution is 2.48. The first-order valence-corrected chi connectivity index (χ1v) is 17.4. The van der Waals surface area contributed by atoms with Crippen molar-refractivity contribution >= 4 is 75.3 Å². The molecule has 4 aromatic heterocycles. The zero-order valence-electron chi connectivity index (χ0n) is 58.1. The number of aromatic nitrogens is 4. The van der Waals surface area contributed by atoms with Crippen molar-refractivity contribution in [2.75, 3.05) is 0 Å². The Bertz CT molecular complexity index is 5130. The fourth-order valence-corrected chi connectivity index (χ4v) is 7.95. The van der Waals surface area contributed by atoms with Gasteiger partial charge in [-0.25, -0.2) is 15.0 Å². The van der Waals surface area contributed by atoms with Gasteiger partial charge in [-0.2, -0.15) is 0 Å². The highest BCUT2D eigenvalue weighted by atomic mass is 32.1. The van der Waals surface area contributed by atoms with Gasteiger partial charge >= 0.3 is 0 Å². The number of fused-ring (bicyclic) bond motifs is 10. The van der Waals surface area contributed by atoms with E-state index in [1.54, 1.807) is 0 Å². The summed E-state index contributed by atoms with van der Waals surface area (Å²) in [5, 5.41) is -2.69. The van der Waals surface area contributed by atoms with Crippen LogP contribution in [0.4, 0.5) is 0 Å². The highest BCUT2D eigenvalue weighted by molar-refractivity contribution is 7.27. The number of benzene rings is 8. The molecule has 0 saturated heterocycles. The van der Waals surface area contributed by atoms with Gasteiger partial charge in [-0.05, 0) is 47.4 Å². The third-order valence-electron chi connectivity index (χ3n) is 9.03. The monoisotopic (exact) mass is 776 g/mol. The topological polar surface area (TPSA) is 56.7 Å². The van der Waals surface area contributed by atoms with Crippen molar-refractivity contribution in [2.45, 2.75) is 0 Å². The molecule has 0 aliphatic carbocycles. The molecule has 266 valence electrons. The largest absolute Gasteiger partial charge is 0.455 e. The van der Waals surface area contributed by atoms with E-state index in [9.17, 15) is 12.3 Å². The maximum Gasteiger partial charge on any atom is 0.164 e. The molecular weight excluding hydrogens is 717 g/mol. The summed E-state index contributed by atoms with van der Waals surface area (Å²) in [4.78, 5) is 13.3. The minimum absolute atomic E-state index is 0.369. The molecule has 0 unspecified atom stereocenters. The Hall–Kier alpha value is -7.41. The average Bonchev–Trinajstić information content (AvgIpc) is 1.54. The fourth-order valence-electron chi connectivity index (χ4n) is 6.69. The summed E-state index contributed by atoms with van der Waals surface area (Å²) in [6.07, 6.45) is 0. The zero-order chi connectivity index (χ0) is 63.6. The zero-order valence-corrected chi connectivity index (χ0v) is 28.9. The van der Waals surface area contributed by atoms with E-state index in [4.69, 9.17) is 33.2 Å². The van der Waals surface area contributed by atoms with Crippen LogP contribution in [0.2, 0.25) is 0 Å². The lowest BCUT2D eigenvalue weighted by atomic mass is 9.98. The number of hydrogen-bond acceptors (Lipinski definition) is 5. The maximum atomic E-state index is 9.93. The van der Waals surface area contributed by atoms with E-state index in [1.807, 2.05) is 0 Å². The van der Waals surface area contributed by atoms with E-state index in [-0.39, 0.29) is 10.8 Å². The molecule has 5 nitrogen and oxygen atoms in total. The lowest BCUT2D eigenvalue weighted by molar-refractivity contribution is 0.673. The van der Waals surface area contributed by atoms with Gasteiger partial charge in [-0.3, -0.25) is 0 Å². The van der Waals surface area contributed by atoms with E-state index in [0.29, 0.717) is 11.3 Å². The Labute approximate surface area is 372 Å². The third kappa shape index (κ3) is 4.91. The Morgan fingerprint density at radius 2 is 1.02 bits per heavy atom. The summed E-state index contributed by atoms with van der Waals surface area (Å²) in [6.45, 7) is 0. The molecule has 0 aliphatic heterocycles. The van der Waals surface area contributed by atoms with E-state index < -0.39 is 285 Å². The van der Waals surface area contributed by atoms with E-state index in [0.717, 1.165) is 4.57 Å². The maximum absolute atomic E-state index is 9.93. The van der Waals surface area contributed by atoms with Crippen molar-refractivity contribution in [3.8, 4) is 51.0 Å². The Kier molecular flexibility index (Phi) is 3.14. The van der Waals surface area contributed by atoms with Gasteiger partial charge in [-0.15, -0.1) is 11.3 Å². The minimum atomic E-state index is -1.03. The molecular formula is C51H30N4OS. The van der Waals surface area contributed by atoms with Crippen LogP contribution in [0.5, 0.6) is 0 Å². The molecule has 8 aromatic carbocycles. The number of furan rings is 1. The molecule has 0 N–H and O–H groups in total. The van der Waals surface area contributed by atoms with Crippen molar-refractivity contribution in [2.24, 2.45) is 0 Å². The molecule has 0 aliphatic rings. The summed E-state index contributed by atoms with van der Waals surface area (Å²) in [5.41, 5.74) is -6.33. The van der Waals surface area contributed by atoms with Crippen molar-refractivity contribution in [3.05, 3.63) is 181 Å². The van der Waals surface area contributed by atoms with E-state index >= 15 is 0 Å². The van der Waals surface area contributed by atoms with Crippen LogP contribution in [-0.2, 0) is 0 Å². The van der Waals surface area contributed by atoms with Crippen LogP contribution in [0, 0.1) is 0 Å². The fraction of sp³-hybridized carbons (Fsp3) is 0. The molecule has 0 fully saturated rings. The number of thiophene rings is 1. The van der Waals surface area contributed by atoms with E-state index in [2.05, 4.69) is 15.0 Å². The quantitative estimate of drug-likeness (QED) is 0.175. The van der Waals surface area contributed by atoms with Crippen LogP contribution in [0.3, 0.4) is 0 Å². The lowest BCUT2D eigenvalue weighted by Crippen LogP contribution is -2.00. The standard InChI is InChI=1S/C51H30N4OS/c1-4-15-31(16-5-1)34-27-28-39(51-53-49(32-17-6-2-7-18-32)52-50(54-51)33-19-8-3-9-20-33)44-38-23-14-25-42(47(38)57-48(34)44)55-40-24-12-10-22-37(40)45-41(55)30-29-36-35-21-11-13-26-43(35)56-46(36)45/h1-30H/i1D,2D,3D,4D,5D,6D,7D,8D,9D,10D,11D,12D,13D,14D,15D,16D,17D,18D,19D,20D,21D,22D,23D,24D,25D,26D,27D,28D,29D,30D. The van der Waals surface area contributed by atoms with E-state index in [1.165, 1.54) is 0 Å². The van der Waals surface area contributed by atoms with Gasteiger partial charge in [0.2, 0.25) is 0 Å². The molecule has 0 radical (unpaired) electrons. The third-order valence-corrected chi connectivity index (χ3v) is 10.2. The Morgan fingerprint density at radius 3 is 1.75 bits per heavy atom. The lowest BCUT2D eigenvalue weighted by Gasteiger charge is -2.12. The average molecular weight is 777 g/mol. The molecule has 12 aromatic rings. The molecule has 0 spiro atoms. The summed E-state index contributed by atoms with van der Waals surface area (Å²) >= 11 is 0.461. The summed E-state index contributed by atoms with van der Waals surface area (Å²) in [5.74, 6) is -2.58. The second-order valence-corrected chi connectivity index (χ2v) is 13.1. The van der Waals surface area contributed by atoms with Gasteiger partial charge in [-0.1, -0.05) is 145 Å².